The van der Waals surface area contributed by atoms with Crippen molar-refractivity contribution < 1.29 is 9.53 Å². The highest BCUT2D eigenvalue weighted by molar-refractivity contribution is 5.97. The third kappa shape index (κ3) is 2.20. The first-order valence-corrected chi connectivity index (χ1v) is 5.07. The van der Waals surface area contributed by atoms with E-state index in [0.29, 0.717) is 0 Å². The van der Waals surface area contributed by atoms with E-state index in [0.717, 1.165) is 16.5 Å². The fourth-order valence-electron chi connectivity index (χ4n) is 1.62. The lowest BCUT2D eigenvalue weighted by Crippen LogP contribution is -2.01. The molecule has 1 N–H and O–H groups in total. The van der Waals surface area contributed by atoms with Gasteiger partial charge in [0, 0.05) is 13.3 Å². The Balaban J connectivity index is 2.27. The summed E-state index contributed by atoms with van der Waals surface area (Å²) in [6, 6.07) is 7.97. The Hall–Kier alpha value is -1.87. The summed E-state index contributed by atoms with van der Waals surface area (Å²) < 4.78 is 4.76. The Kier molecular flexibility index (Phi) is 3.17. The maximum Gasteiger partial charge on any atom is 0.181 e. The minimum absolute atomic E-state index is 0.0361. The van der Waals surface area contributed by atoms with Gasteiger partial charge >= 0.3 is 0 Å². The topological polar surface area (TPSA) is 42.1 Å². The molecule has 3 nitrogen and oxygen atoms in total. The predicted octanol–water partition coefficient (Wildman–Crippen LogP) is 2.40. The van der Waals surface area contributed by atoms with E-state index in [4.69, 9.17) is 4.74 Å². The number of hydrogen-bond donors (Lipinski definition) is 1. The molecule has 2 rings (SSSR count). The molecular weight excluding hydrogens is 202 g/mol. The summed E-state index contributed by atoms with van der Waals surface area (Å²) in [6.45, 7) is 0.122. The van der Waals surface area contributed by atoms with Crippen LogP contribution in [0, 0.1) is 0 Å². The Labute approximate surface area is 93.7 Å². The first-order chi connectivity index (χ1) is 7.81. The maximum atomic E-state index is 11.3. The van der Waals surface area contributed by atoms with E-state index in [-0.39, 0.29) is 12.4 Å². The van der Waals surface area contributed by atoms with Crippen LogP contribution in [0.4, 0.5) is 0 Å². The fourth-order valence-corrected chi connectivity index (χ4v) is 1.62. The average molecular weight is 215 g/mol. The van der Waals surface area contributed by atoms with Crippen molar-refractivity contribution in [3.63, 3.8) is 0 Å². The van der Waals surface area contributed by atoms with Gasteiger partial charge in [-0.3, -0.25) is 4.79 Å². The van der Waals surface area contributed by atoms with Gasteiger partial charge in [0.1, 0.15) is 6.61 Å². The van der Waals surface area contributed by atoms with Crippen LogP contribution in [0.2, 0.25) is 0 Å². The number of rotatable bonds is 4. The number of H-pyrrole nitrogens is 1. The van der Waals surface area contributed by atoms with Gasteiger partial charge in [0.25, 0.3) is 0 Å². The number of fused-ring (bicyclic) bond motifs is 1. The van der Waals surface area contributed by atoms with Gasteiger partial charge in [0.05, 0.1) is 5.52 Å². The quantitative estimate of drug-likeness (QED) is 0.796. The second-order valence-corrected chi connectivity index (χ2v) is 3.52. The molecule has 0 aliphatic rings. The molecule has 0 saturated heterocycles. The molecule has 2 aromatic rings. The molecule has 0 radical (unpaired) electrons. The van der Waals surface area contributed by atoms with Crippen molar-refractivity contribution in [2.75, 3.05) is 13.7 Å². The minimum atomic E-state index is -0.0361. The van der Waals surface area contributed by atoms with Crippen molar-refractivity contribution in [2.45, 2.75) is 0 Å². The van der Waals surface area contributed by atoms with Crippen molar-refractivity contribution in [2.24, 2.45) is 0 Å². The van der Waals surface area contributed by atoms with Crippen LogP contribution >= 0.6 is 0 Å². The van der Waals surface area contributed by atoms with Gasteiger partial charge < -0.3 is 9.72 Å². The molecule has 1 heterocycles. The number of para-hydroxylation sites is 1. The highest BCUT2D eigenvalue weighted by Crippen LogP contribution is 2.17. The van der Waals surface area contributed by atoms with Crippen LogP contribution in [0.15, 0.2) is 36.5 Å². The lowest BCUT2D eigenvalue weighted by molar-refractivity contribution is -0.117. The number of carbonyl (C=O) groups excluding carboxylic acids is 1. The van der Waals surface area contributed by atoms with Gasteiger partial charge in [-0.2, -0.15) is 0 Å². The van der Waals surface area contributed by atoms with Crippen LogP contribution in [0.1, 0.15) is 5.56 Å². The second kappa shape index (κ2) is 4.77. The number of ketones is 1. The molecule has 0 bridgehead atoms. The molecular formula is C13H13NO2. The van der Waals surface area contributed by atoms with Crippen LogP contribution in [-0.2, 0) is 9.53 Å². The summed E-state index contributed by atoms with van der Waals surface area (Å²) >= 11 is 0. The van der Waals surface area contributed by atoms with Crippen LogP contribution in [-0.4, -0.2) is 24.5 Å². The number of benzene rings is 1. The lowest BCUT2D eigenvalue weighted by Gasteiger charge is -1.96. The van der Waals surface area contributed by atoms with Gasteiger partial charge in [0.15, 0.2) is 5.78 Å². The molecule has 3 heteroatoms. The zero-order chi connectivity index (χ0) is 11.4. The van der Waals surface area contributed by atoms with Crippen molar-refractivity contribution in [3.8, 4) is 0 Å². The summed E-state index contributed by atoms with van der Waals surface area (Å²) in [6.07, 6.45) is 5.23. The van der Waals surface area contributed by atoms with E-state index in [2.05, 4.69) is 4.98 Å². The Morgan fingerprint density at radius 1 is 1.44 bits per heavy atom. The molecule has 1 aromatic carbocycles. The lowest BCUT2D eigenvalue weighted by atomic mass is 10.1. The van der Waals surface area contributed by atoms with Crippen molar-refractivity contribution in [3.05, 3.63) is 42.1 Å². The monoisotopic (exact) mass is 215 g/mol. The van der Waals surface area contributed by atoms with Crippen LogP contribution in [0.25, 0.3) is 17.0 Å². The molecule has 0 atom stereocenters. The van der Waals surface area contributed by atoms with Gasteiger partial charge in [-0.15, -0.1) is 0 Å². The smallest absolute Gasteiger partial charge is 0.181 e. The van der Waals surface area contributed by atoms with Gasteiger partial charge in [-0.1, -0.05) is 18.2 Å². The van der Waals surface area contributed by atoms with Crippen molar-refractivity contribution in [1.29, 1.82) is 0 Å². The van der Waals surface area contributed by atoms with Crippen LogP contribution in [0.3, 0.4) is 0 Å². The summed E-state index contributed by atoms with van der Waals surface area (Å²) in [5.41, 5.74) is 2.05. The highest BCUT2D eigenvalue weighted by atomic mass is 16.5. The average Bonchev–Trinajstić information content (AvgIpc) is 2.75. The largest absolute Gasteiger partial charge is 0.377 e. The molecule has 0 saturated carbocycles. The fraction of sp³-hybridized carbons (Fsp3) is 0.154. The molecule has 82 valence electrons. The normalized spacial score (nSPS) is 11.3. The van der Waals surface area contributed by atoms with Crippen molar-refractivity contribution >= 4 is 22.8 Å². The maximum absolute atomic E-state index is 11.3. The van der Waals surface area contributed by atoms with Gasteiger partial charge in [-0.05, 0) is 29.2 Å². The second-order valence-electron chi connectivity index (χ2n) is 3.52. The van der Waals surface area contributed by atoms with Crippen LogP contribution < -0.4 is 0 Å². The molecule has 0 fully saturated rings. The third-order valence-electron chi connectivity index (χ3n) is 2.35. The van der Waals surface area contributed by atoms with Gasteiger partial charge in [0.2, 0.25) is 0 Å². The summed E-state index contributed by atoms with van der Waals surface area (Å²) in [4.78, 5) is 14.4. The number of nitrogens with one attached hydrogen (secondary N) is 1. The molecule has 0 unspecified atom stereocenters. The van der Waals surface area contributed by atoms with E-state index >= 15 is 0 Å². The molecule has 0 aliphatic carbocycles. The number of ether oxygens (including phenoxy) is 1. The van der Waals surface area contributed by atoms with E-state index in [1.54, 1.807) is 12.2 Å². The Morgan fingerprint density at radius 3 is 3.12 bits per heavy atom. The minimum Gasteiger partial charge on any atom is -0.377 e. The number of hydrogen-bond acceptors (Lipinski definition) is 2. The molecule has 0 aliphatic heterocycles. The zero-order valence-electron chi connectivity index (χ0n) is 9.07. The van der Waals surface area contributed by atoms with E-state index in [1.165, 1.54) is 7.11 Å². The Bertz CT molecular complexity index is 525. The molecule has 16 heavy (non-hydrogen) atoms. The molecule has 1 aromatic heterocycles. The highest BCUT2D eigenvalue weighted by Gasteiger charge is 1.99. The number of carbonyl (C=O) groups is 1. The Morgan fingerprint density at radius 2 is 2.31 bits per heavy atom. The number of aromatic amines is 1. The third-order valence-corrected chi connectivity index (χ3v) is 2.35. The molecule has 0 spiro atoms. The first kappa shape index (κ1) is 10.6. The summed E-state index contributed by atoms with van der Waals surface area (Å²) in [5, 5.41) is 1.14. The standard InChI is InChI=1S/C13H13NO2/c1-16-9-12(15)6-5-10-3-2-4-11-7-8-14-13(10)11/h2-8,14H,9H2,1H3/b6-5+. The SMILES string of the molecule is COCC(=O)/C=C/c1cccc2cc[nH]c12. The van der Waals surface area contributed by atoms with Crippen molar-refractivity contribution in [1.82, 2.24) is 4.98 Å². The number of methoxy groups -OCH3 is 1. The zero-order valence-corrected chi connectivity index (χ0v) is 9.07. The summed E-state index contributed by atoms with van der Waals surface area (Å²) in [5.74, 6) is -0.0361. The van der Waals surface area contributed by atoms with E-state index < -0.39 is 0 Å². The van der Waals surface area contributed by atoms with Gasteiger partial charge in [-0.25, -0.2) is 0 Å². The summed E-state index contributed by atoms with van der Waals surface area (Å²) in [7, 11) is 1.51. The van der Waals surface area contributed by atoms with E-state index in [1.807, 2.05) is 30.5 Å². The van der Waals surface area contributed by atoms with E-state index in [9.17, 15) is 4.79 Å². The first-order valence-electron chi connectivity index (χ1n) is 5.07. The molecule has 0 amide bonds. The van der Waals surface area contributed by atoms with Crippen LogP contribution in [0.5, 0.6) is 0 Å². The number of aromatic nitrogens is 1. The predicted molar refractivity (Wildman–Crippen MR) is 64.2 cm³/mol.